The number of hydrogen-bond donors (Lipinski definition) is 1. The van der Waals surface area contributed by atoms with Crippen LogP contribution in [0.3, 0.4) is 0 Å². The fraction of sp³-hybridized carbons (Fsp3) is 0.0435. The van der Waals surface area contributed by atoms with Gasteiger partial charge in [-0.2, -0.15) is 0 Å². The van der Waals surface area contributed by atoms with Crippen molar-refractivity contribution in [1.29, 1.82) is 0 Å². The van der Waals surface area contributed by atoms with Crippen molar-refractivity contribution in [2.45, 2.75) is 0 Å². The number of nitrogens with zero attached hydrogens (tertiary/aromatic N) is 1. The molecule has 0 aliphatic carbocycles. The Morgan fingerprint density at radius 3 is 2.39 bits per heavy atom. The van der Waals surface area contributed by atoms with Gasteiger partial charge < -0.3 is 9.84 Å². The summed E-state index contributed by atoms with van der Waals surface area (Å²) in [5, 5.41) is 9.81. The maximum Gasteiger partial charge on any atom is 0.336 e. The summed E-state index contributed by atoms with van der Waals surface area (Å²) >= 11 is 0. The Bertz CT molecular complexity index is 1190. The lowest BCUT2D eigenvalue weighted by molar-refractivity contribution is 0.0699. The highest BCUT2D eigenvalue weighted by Gasteiger charge is 2.14. The molecule has 0 aliphatic rings. The van der Waals surface area contributed by atoms with Crippen molar-refractivity contribution < 1.29 is 19.0 Å². The monoisotopic (exact) mass is 373 g/mol. The zero-order valence-electron chi connectivity index (χ0n) is 15.0. The minimum absolute atomic E-state index is 0.0244. The molecule has 4 nitrogen and oxygen atoms in total. The molecule has 1 aromatic heterocycles. The summed E-state index contributed by atoms with van der Waals surface area (Å²) in [6.45, 7) is 0. The molecule has 0 atom stereocenters. The predicted octanol–water partition coefficient (Wildman–Crippen LogP) is 5.41. The lowest BCUT2D eigenvalue weighted by atomic mass is 10.0. The number of methoxy groups -OCH3 is 1. The van der Waals surface area contributed by atoms with E-state index < -0.39 is 11.8 Å². The fourth-order valence-electron chi connectivity index (χ4n) is 3.16. The molecule has 0 amide bonds. The summed E-state index contributed by atoms with van der Waals surface area (Å²) in [5.74, 6) is -0.837. The van der Waals surface area contributed by atoms with Gasteiger partial charge in [0.25, 0.3) is 0 Å². The van der Waals surface area contributed by atoms with Crippen LogP contribution in [0.15, 0.2) is 72.8 Å². The number of aromatic nitrogens is 1. The van der Waals surface area contributed by atoms with Gasteiger partial charge in [0.2, 0.25) is 0 Å². The number of carboxylic acid groups (broad SMARTS) is 1. The Balaban J connectivity index is 1.77. The number of carboxylic acids is 1. The van der Waals surface area contributed by atoms with Crippen molar-refractivity contribution >= 4 is 16.9 Å². The molecule has 0 aliphatic heterocycles. The molecular weight excluding hydrogens is 357 g/mol. The normalized spacial score (nSPS) is 10.8. The van der Waals surface area contributed by atoms with Crippen molar-refractivity contribution in [2.75, 3.05) is 7.11 Å². The number of ether oxygens (including phenoxy) is 1. The maximum absolute atomic E-state index is 13.5. The standard InChI is InChI=1S/C23H16FNO3/c1-28-18-4-2-3-16(11-18)14-5-7-15(8-6-14)22-13-20(23(26)27)19-12-17(24)9-10-21(19)25-22/h2-13H,1H3,(H,26,27). The van der Waals surface area contributed by atoms with E-state index in [4.69, 9.17) is 4.74 Å². The van der Waals surface area contributed by atoms with Crippen LogP contribution in [0.5, 0.6) is 5.75 Å². The average molecular weight is 373 g/mol. The molecule has 1 heterocycles. The molecule has 138 valence electrons. The third-order valence-corrected chi connectivity index (χ3v) is 4.58. The number of rotatable bonds is 4. The summed E-state index contributed by atoms with van der Waals surface area (Å²) in [7, 11) is 1.62. The lowest BCUT2D eigenvalue weighted by Gasteiger charge is -2.09. The molecule has 0 spiro atoms. The second-order valence-electron chi connectivity index (χ2n) is 6.33. The van der Waals surface area contributed by atoms with Gasteiger partial charge in [-0.15, -0.1) is 0 Å². The van der Waals surface area contributed by atoms with Gasteiger partial charge in [0.05, 0.1) is 23.9 Å². The largest absolute Gasteiger partial charge is 0.497 e. The van der Waals surface area contributed by atoms with Gasteiger partial charge in [0.1, 0.15) is 11.6 Å². The zero-order chi connectivity index (χ0) is 19.7. The molecular formula is C23H16FNO3. The van der Waals surface area contributed by atoms with Crippen LogP contribution in [0.25, 0.3) is 33.3 Å². The second kappa shape index (κ2) is 7.12. The van der Waals surface area contributed by atoms with Crippen molar-refractivity contribution in [3.63, 3.8) is 0 Å². The molecule has 0 fully saturated rings. The topological polar surface area (TPSA) is 59.4 Å². The minimum Gasteiger partial charge on any atom is -0.497 e. The third-order valence-electron chi connectivity index (χ3n) is 4.58. The van der Waals surface area contributed by atoms with Gasteiger partial charge in [-0.3, -0.25) is 0 Å². The van der Waals surface area contributed by atoms with Crippen LogP contribution in [0.4, 0.5) is 4.39 Å². The Labute approximate surface area is 160 Å². The van der Waals surface area contributed by atoms with Crippen molar-refractivity contribution in [3.05, 3.63) is 84.2 Å². The molecule has 1 N–H and O–H groups in total. The van der Waals surface area contributed by atoms with Crippen molar-refractivity contribution in [3.8, 4) is 28.1 Å². The molecule has 28 heavy (non-hydrogen) atoms. The Hall–Kier alpha value is -3.73. The highest BCUT2D eigenvalue weighted by molar-refractivity contribution is 6.03. The summed E-state index contributed by atoms with van der Waals surface area (Å²) in [5.41, 5.74) is 3.78. The summed E-state index contributed by atoms with van der Waals surface area (Å²) < 4.78 is 18.8. The first-order chi connectivity index (χ1) is 13.5. The van der Waals surface area contributed by atoms with Gasteiger partial charge >= 0.3 is 5.97 Å². The summed E-state index contributed by atoms with van der Waals surface area (Å²) in [6, 6.07) is 20.8. The van der Waals surface area contributed by atoms with Crippen LogP contribution in [0.1, 0.15) is 10.4 Å². The molecule has 5 heteroatoms. The number of halogens is 1. The van der Waals surface area contributed by atoms with Gasteiger partial charge in [0, 0.05) is 10.9 Å². The quantitative estimate of drug-likeness (QED) is 0.519. The van der Waals surface area contributed by atoms with E-state index in [0.717, 1.165) is 22.4 Å². The Morgan fingerprint density at radius 2 is 1.68 bits per heavy atom. The summed E-state index contributed by atoms with van der Waals surface area (Å²) in [6.07, 6.45) is 0. The zero-order valence-corrected chi connectivity index (χ0v) is 15.0. The van der Waals surface area contributed by atoms with E-state index in [-0.39, 0.29) is 10.9 Å². The molecule has 0 radical (unpaired) electrons. The van der Waals surface area contributed by atoms with Gasteiger partial charge in [0.15, 0.2) is 0 Å². The van der Waals surface area contributed by atoms with Crippen molar-refractivity contribution in [1.82, 2.24) is 4.98 Å². The van der Waals surface area contributed by atoms with Crippen LogP contribution in [-0.2, 0) is 0 Å². The number of benzene rings is 3. The first kappa shape index (κ1) is 17.7. The third kappa shape index (κ3) is 3.30. The van der Waals surface area contributed by atoms with E-state index in [0.29, 0.717) is 11.2 Å². The van der Waals surface area contributed by atoms with Crippen molar-refractivity contribution in [2.24, 2.45) is 0 Å². The van der Waals surface area contributed by atoms with E-state index in [9.17, 15) is 14.3 Å². The van der Waals surface area contributed by atoms with E-state index in [1.165, 1.54) is 24.3 Å². The average Bonchev–Trinajstić information content (AvgIpc) is 2.73. The van der Waals surface area contributed by atoms with E-state index in [2.05, 4.69) is 4.98 Å². The highest BCUT2D eigenvalue weighted by Crippen LogP contribution is 2.29. The molecule has 3 aromatic carbocycles. The number of carbonyl (C=O) groups is 1. The molecule has 0 unspecified atom stereocenters. The first-order valence-electron chi connectivity index (χ1n) is 8.63. The smallest absolute Gasteiger partial charge is 0.336 e. The molecule has 4 rings (SSSR count). The molecule has 0 bridgehead atoms. The van der Waals surface area contributed by atoms with Gasteiger partial charge in [-0.25, -0.2) is 14.2 Å². The van der Waals surface area contributed by atoms with Crippen LogP contribution in [-0.4, -0.2) is 23.2 Å². The number of fused-ring (bicyclic) bond motifs is 1. The van der Waals surface area contributed by atoms with Crippen LogP contribution in [0, 0.1) is 5.82 Å². The van der Waals surface area contributed by atoms with E-state index in [1.807, 2.05) is 48.5 Å². The van der Waals surface area contributed by atoms with E-state index in [1.54, 1.807) is 7.11 Å². The molecule has 4 aromatic rings. The van der Waals surface area contributed by atoms with Crippen LogP contribution in [0.2, 0.25) is 0 Å². The number of aromatic carboxylic acids is 1. The Kier molecular flexibility index (Phi) is 4.49. The summed E-state index contributed by atoms with van der Waals surface area (Å²) in [4.78, 5) is 16.2. The van der Waals surface area contributed by atoms with Crippen LogP contribution < -0.4 is 4.74 Å². The Morgan fingerprint density at radius 1 is 0.929 bits per heavy atom. The van der Waals surface area contributed by atoms with Gasteiger partial charge in [-0.05, 0) is 47.5 Å². The second-order valence-corrected chi connectivity index (χ2v) is 6.33. The fourth-order valence-corrected chi connectivity index (χ4v) is 3.16. The SMILES string of the molecule is COc1cccc(-c2ccc(-c3cc(C(=O)O)c4cc(F)ccc4n3)cc2)c1. The molecule has 0 saturated heterocycles. The van der Waals surface area contributed by atoms with E-state index >= 15 is 0 Å². The molecule has 0 saturated carbocycles. The van der Waals surface area contributed by atoms with Gasteiger partial charge in [-0.1, -0.05) is 36.4 Å². The number of hydrogen-bond acceptors (Lipinski definition) is 3. The number of pyridine rings is 1. The predicted molar refractivity (Wildman–Crippen MR) is 106 cm³/mol. The highest BCUT2D eigenvalue weighted by atomic mass is 19.1. The maximum atomic E-state index is 13.5. The lowest BCUT2D eigenvalue weighted by Crippen LogP contribution is -2.00. The minimum atomic E-state index is -1.12. The van der Waals surface area contributed by atoms with Crippen LogP contribution >= 0.6 is 0 Å². The first-order valence-corrected chi connectivity index (χ1v) is 8.63.